The van der Waals surface area contributed by atoms with Crippen LogP contribution in [0.5, 0.6) is 0 Å². The van der Waals surface area contributed by atoms with E-state index >= 15 is 0 Å². The number of piperidine rings is 1. The molecule has 3 aromatic rings. The molecule has 1 aromatic carbocycles. The number of carbonyl (C=O) groups is 1. The number of hydrogen-bond donors (Lipinski definition) is 1. The number of anilines is 1. The van der Waals surface area contributed by atoms with Crippen LogP contribution < -0.4 is 5.32 Å². The van der Waals surface area contributed by atoms with Crippen LogP contribution in [0.1, 0.15) is 26.2 Å². The molecule has 0 bridgehead atoms. The van der Waals surface area contributed by atoms with Gasteiger partial charge in [0, 0.05) is 31.2 Å². The van der Waals surface area contributed by atoms with E-state index in [-0.39, 0.29) is 16.0 Å². The summed E-state index contributed by atoms with van der Waals surface area (Å²) in [5, 5.41) is 10.5. The van der Waals surface area contributed by atoms with Crippen LogP contribution in [-0.4, -0.2) is 52.2 Å². The average Bonchev–Trinajstić information content (AvgIpc) is 3.29. The van der Waals surface area contributed by atoms with Gasteiger partial charge in [-0.1, -0.05) is 18.2 Å². The molecule has 0 aliphatic carbocycles. The first-order valence-corrected chi connectivity index (χ1v) is 12.6. The number of nitrogens with one attached hydrogen (secondary N) is 1. The molecule has 4 rings (SSSR count). The van der Waals surface area contributed by atoms with Crippen molar-refractivity contribution in [1.82, 2.24) is 19.5 Å². The highest BCUT2D eigenvalue weighted by molar-refractivity contribution is 8.00. The Morgan fingerprint density at radius 2 is 1.88 bits per heavy atom. The van der Waals surface area contributed by atoms with Crippen LogP contribution >= 0.6 is 11.8 Å². The number of benzene rings is 1. The fourth-order valence-corrected chi connectivity index (χ4v) is 5.48. The molecular formula is C21H23N5O4S2. The van der Waals surface area contributed by atoms with Crippen molar-refractivity contribution in [1.29, 1.82) is 0 Å². The van der Waals surface area contributed by atoms with Gasteiger partial charge in [-0.15, -0.1) is 10.2 Å². The smallest absolute Gasteiger partial charge is 0.277 e. The minimum atomic E-state index is -3.50. The lowest BCUT2D eigenvalue weighted by Gasteiger charge is -2.25. The summed E-state index contributed by atoms with van der Waals surface area (Å²) in [6.45, 7) is 2.82. The second-order valence-corrected chi connectivity index (χ2v) is 10.6. The zero-order valence-corrected chi connectivity index (χ0v) is 19.1. The van der Waals surface area contributed by atoms with Crippen molar-refractivity contribution in [2.75, 3.05) is 18.4 Å². The Kier molecular flexibility index (Phi) is 6.87. The van der Waals surface area contributed by atoms with Crippen molar-refractivity contribution in [2.45, 2.75) is 41.6 Å². The number of hydrogen-bond acceptors (Lipinski definition) is 8. The van der Waals surface area contributed by atoms with Crippen molar-refractivity contribution in [3.05, 3.63) is 48.8 Å². The molecule has 1 N–H and O–H groups in total. The molecule has 1 amide bonds. The van der Waals surface area contributed by atoms with Gasteiger partial charge in [0.2, 0.25) is 21.8 Å². The molecule has 168 valence electrons. The topological polar surface area (TPSA) is 118 Å². The quantitative estimate of drug-likeness (QED) is 0.519. The van der Waals surface area contributed by atoms with E-state index in [1.54, 1.807) is 43.6 Å². The van der Waals surface area contributed by atoms with E-state index in [1.165, 1.54) is 16.4 Å². The van der Waals surface area contributed by atoms with Crippen molar-refractivity contribution >= 4 is 33.4 Å². The van der Waals surface area contributed by atoms with Crippen molar-refractivity contribution in [2.24, 2.45) is 0 Å². The summed E-state index contributed by atoms with van der Waals surface area (Å²) in [6.07, 6.45) is 6.09. The van der Waals surface area contributed by atoms with Crippen LogP contribution in [0.3, 0.4) is 0 Å². The molecule has 32 heavy (non-hydrogen) atoms. The molecule has 2 aromatic heterocycles. The number of carbonyl (C=O) groups excluding carboxylic acids is 1. The summed E-state index contributed by atoms with van der Waals surface area (Å²) < 4.78 is 32.6. The standard InChI is InChI=1S/C21H23N5O4S2/c1-15(31-21-25-24-20(30-21)16-6-5-11-22-14-16)19(27)23-17-7-9-18(10-8-17)32(28,29)26-12-3-2-4-13-26/h5-11,14-15H,2-4,12-13H2,1H3,(H,23,27)/t15-/m0/s1. The van der Waals surface area contributed by atoms with Gasteiger partial charge >= 0.3 is 0 Å². The third kappa shape index (κ3) is 5.17. The maximum atomic E-state index is 12.7. The molecule has 1 aliphatic heterocycles. The zero-order valence-electron chi connectivity index (χ0n) is 17.5. The van der Waals surface area contributed by atoms with E-state index in [9.17, 15) is 13.2 Å². The summed E-state index contributed by atoms with van der Waals surface area (Å²) >= 11 is 1.14. The maximum absolute atomic E-state index is 12.7. The minimum Gasteiger partial charge on any atom is -0.411 e. The molecule has 1 aliphatic rings. The van der Waals surface area contributed by atoms with Crippen LogP contribution in [0.4, 0.5) is 5.69 Å². The Morgan fingerprint density at radius 1 is 1.12 bits per heavy atom. The summed E-state index contributed by atoms with van der Waals surface area (Å²) in [5.74, 6) is 0.0708. The fourth-order valence-electron chi connectivity index (χ4n) is 3.28. The second-order valence-electron chi connectivity index (χ2n) is 7.35. The Morgan fingerprint density at radius 3 is 2.56 bits per heavy atom. The number of sulfonamides is 1. The Balaban J connectivity index is 1.36. The highest BCUT2D eigenvalue weighted by Crippen LogP contribution is 2.27. The van der Waals surface area contributed by atoms with Gasteiger partial charge in [0.15, 0.2) is 0 Å². The molecule has 1 fully saturated rings. The minimum absolute atomic E-state index is 0.230. The van der Waals surface area contributed by atoms with Gasteiger partial charge < -0.3 is 9.73 Å². The predicted octanol–water partition coefficient (Wildman–Crippen LogP) is 3.43. The zero-order chi connectivity index (χ0) is 22.6. The van der Waals surface area contributed by atoms with E-state index in [4.69, 9.17) is 4.42 Å². The maximum Gasteiger partial charge on any atom is 0.277 e. The number of amides is 1. The van der Waals surface area contributed by atoms with E-state index in [1.807, 2.05) is 0 Å². The second kappa shape index (κ2) is 9.80. The number of thioether (sulfide) groups is 1. The third-order valence-electron chi connectivity index (χ3n) is 5.04. The van der Waals surface area contributed by atoms with E-state index in [2.05, 4.69) is 20.5 Å². The van der Waals surface area contributed by atoms with Crippen LogP contribution in [0.2, 0.25) is 0 Å². The van der Waals surface area contributed by atoms with Gasteiger partial charge in [-0.3, -0.25) is 9.78 Å². The molecule has 0 spiro atoms. The van der Waals surface area contributed by atoms with Crippen LogP contribution in [0, 0.1) is 0 Å². The lowest BCUT2D eigenvalue weighted by atomic mass is 10.2. The number of pyridine rings is 1. The molecule has 11 heteroatoms. The molecule has 1 saturated heterocycles. The van der Waals surface area contributed by atoms with E-state index in [0.29, 0.717) is 30.2 Å². The summed E-state index contributed by atoms with van der Waals surface area (Å²) in [7, 11) is -3.50. The molecule has 0 radical (unpaired) electrons. The molecule has 3 heterocycles. The average molecular weight is 474 g/mol. The van der Waals surface area contributed by atoms with Crippen molar-refractivity contribution < 1.29 is 17.6 Å². The SMILES string of the molecule is C[C@H](Sc1nnc(-c2cccnc2)o1)C(=O)Nc1ccc(S(=O)(=O)N2CCCCC2)cc1. The third-order valence-corrected chi connectivity index (χ3v) is 7.88. The van der Waals surface area contributed by atoms with Crippen molar-refractivity contribution in [3.8, 4) is 11.5 Å². The highest BCUT2D eigenvalue weighted by Gasteiger charge is 2.26. The summed E-state index contributed by atoms with van der Waals surface area (Å²) in [4.78, 5) is 16.8. The molecular weight excluding hydrogens is 450 g/mol. The molecule has 1 atom stereocenters. The summed E-state index contributed by atoms with van der Waals surface area (Å²) in [5.41, 5.74) is 1.21. The largest absolute Gasteiger partial charge is 0.411 e. The molecule has 0 saturated carbocycles. The number of nitrogens with zero attached hydrogens (tertiary/aromatic N) is 4. The Bertz CT molecular complexity index is 1160. The lowest BCUT2D eigenvalue weighted by molar-refractivity contribution is -0.115. The van der Waals surface area contributed by atoms with Gasteiger partial charge in [0.05, 0.1) is 15.7 Å². The Labute approximate surface area is 190 Å². The monoisotopic (exact) mass is 473 g/mol. The highest BCUT2D eigenvalue weighted by atomic mass is 32.2. The molecule has 0 unspecified atom stereocenters. The van der Waals surface area contributed by atoms with Gasteiger partial charge in [0.1, 0.15) is 0 Å². The molecule has 9 nitrogen and oxygen atoms in total. The van der Waals surface area contributed by atoms with Crippen LogP contribution in [-0.2, 0) is 14.8 Å². The van der Waals surface area contributed by atoms with Crippen molar-refractivity contribution in [3.63, 3.8) is 0 Å². The first-order valence-electron chi connectivity index (χ1n) is 10.2. The lowest BCUT2D eigenvalue weighted by Crippen LogP contribution is -2.35. The summed E-state index contributed by atoms with van der Waals surface area (Å²) in [6, 6.07) is 9.81. The van der Waals surface area contributed by atoms with Gasteiger partial charge in [-0.05, 0) is 56.2 Å². The van der Waals surface area contributed by atoms with Gasteiger partial charge in [0.25, 0.3) is 5.22 Å². The predicted molar refractivity (Wildman–Crippen MR) is 121 cm³/mol. The number of aromatic nitrogens is 3. The van der Waals surface area contributed by atoms with Gasteiger partial charge in [-0.2, -0.15) is 4.31 Å². The van der Waals surface area contributed by atoms with Gasteiger partial charge in [-0.25, -0.2) is 8.42 Å². The number of rotatable bonds is 7. The van der Waals surface area contributed by atoms with E-state index < -0.39 is 15.3 Å². The normalized spacial score (nSPS) is 15.9. The first kappa shape index (κ1) is 22.4. The van der Waals surface area contributed by atoms with E-state index in [0.717, 1.165) is 31.0 Å². The van der Waals surface area contributed by atoms with Crippen LogP contribution in [0.25, 0.3) is 11.5 Å². The fraction of sp³-hybridized carbons (Fsp3) is 0.333. The Hall–Kier alpha value is -2.76. The first-order chi connectivity index (χ1) is 15.4. The van der Waals surface area contributed by atoms with Crippen LogP contribution in [0.15, 0.2) is 63.3 Å².